The lowest BCUT2D eigenvalue weighted by atomic mass is 10.1. The number of nitriles is 1. The fourth-order valence-corrected chi connectivity index (χ4v) is 1.87. The number of ether oxygens (including phenoxy) is 3. The summed E-state index contributed by atoms with van der Waals surface area (Å²) in [6.45, 7) is 0. The number of fused-ring (bicyclic) bond motifs is 1. The van der Waals surface area contributed by atoms with Crippen molar-refractivity contribution in [1.82, 2.24) is 4.98 Å². The van der Waals surface area contributed by atoms with Crippen LogP contribution in [0.3, 0.4) is 0 Å². The normalized spacial score (nSPS) is 9.89. The van der Waals surface area contributed by atoms with Crippen LogP contribution in [0.5, 0.6) is 17.2 Å². The van der Waals surface area contributed by atoms with Gasteiger partial charge in [-0.25, -0.2) is 0 Å². The maximum absolute atomic E-state index is 9.09. The number of rotatable bonds is 3. The Morgan fingerprint density at radius 2 is 1.72 bits per heavy atom. The highest BCUT2D eigenvalue weighted by molar-refractivity contribution is 5.95. The molecule has 0 radical (unpaired) electrons. The van der Waals surface area contributed by atoms with Crippen molar-refractivity contribution < 1.29 is 14.2 Å². The van der Waals surface area contributed by atoms with Gasteiger partial charge >= 0.3 is 0 Å². The van der Waals surface area contributed by atoms with Crippen molar-refractivity contribution in [3.63, 3.8) is 0 Å². The standard InChI is InChI=1S/C13H12N2O3/c1-16-11-4-9-8(5-14)6-15-7-10(9)12(17-2)13(11)18-3/h4,6-7H,1-3H3. The van der Waals surface area contributed by atoms with Crippen molar-refractivity contribution in [2.24, 2.45) is 0 Å². The van der Waals surface area contributed by atoms with Gasteiger partial charge in [-0.15, -0.1) is 0 Å². The van der Waals surface area contributed by atoms with Crippen molar-refractivity contribution >= 4 is 10.8 Å². The number of pyridine rings is 1. The zero-order chi connectivity index (χ0) is 13.1. The second-order valence-electron chi connectivity index (χ2n) is 3.54. The summed E-state index contributed by atoms with van der Waals surface area (Å²) in [4.78, 5) is 4.02. The van der Waals surface area contributed by atoms with Crippen LogP contribution >= 0.6 is 0 Å². The molecule has 0 unspecified atom stereocenters. The lowest BCUT2D eigenvalue weighted by Gasteiger charge is -2.14. The zero-order valence-electron chi connectivity index (χ0n) is 10.4. The van der Waals surface area contributed by atoms with E-state index in [9.17, 15) is 0 Å². The molecule has 0 saturated carbocycles. The van der Waals surface area contributed by atoms with Gasteiger partial charge in [-0.2, -0.15) is 5.26 Å². The monoisotopic (exact) mass is 244 g/mol. The molecule has 5 heteroatoms. The van der Waals surface area contributed by atoms with Gasteiger partial charge in [-0.3, -0.25) is 4.98 Å². The Bertz CT molecular complexity index is 632. The van der Waals surface area contributed by atoms with Gasteiger partial charge in [0.1, 0.15) is 6.07 Å². The van der Waals surface area contributed by atoms with E-state index in [2.05, 4.69) is 11.1 Å². The minimum Gasteiger partial charge on any atom is -0.493 e. The minimum atomic E-state index is 0.465. The highest BCUT2D eigenvalue weighted by Gasteiger charge is 2.17. The maximum atomic E-state index is 9.09. The van der Waals surface area contributed by atoms with Crippen LogP contribution in [0.4, 0.5) is 0 Å². The summed E-state index contributed by atoms with van der Waals surface area (Å²) >= 11 is 0. The lowest BCUT2D eigenvalue weighted by molar-refractivity contribution is 0.327. The molecular formula is C13H12N2O3. The van der Waals surface area contributed by atoms with Gasteiger partial charge in [0.25, 0.3) is 0 Å². The van der Waals surface area contributed by atoms with Crippen LogP contribution < -0.4 is 14.2 Å². The van der Waals surface area contributed by atoms with E-state index in [0.29, 0.717) is 28.2 Å². The second kappa shape index (κ2) is 4.80. The van der Waals surface area contributed by atoms with Gasteiger partial charge in [-0.05, 0) is 6.07 Å². The van der Waals surface area contributed by atoms with Gasteiger partial charge < -0.3 is 14.2 Å². The minimum absolute atomic E-state index is 0.465. The van der Waals surface area contributed by atoms with E-state index in [1.165, 1.54) is 27.5 Å². The summed E-state index contributed by atoms with van der Waals surface area (Å²) in [5.74, 6) is 1.52. The molecular weight excluding hydrogens is 232 g/mol. The Morgan fingerprint density at radius 1 is 1.00 bits per heavy atom. The molecule has 1 aromatic heterocycles. The quantitative estimate of drug-likeness (QED) is 0.827. The van der Waals surface area contributed by atoms with Crippen LogP contribution in [0, 0.1) is 11.3 Å². The van der Waals surface area contributed by atoms with Crippen molar-refractivity contribution in [2.45, 2.75) is 0 Å². The molecule has 0 atom stereocenters. The zero-order valence-corrected chi connectivity index (χ0v) is 10.4. The first kappa shape index (κ1) is 12.0. The van der Waals surface area contributed by atoms with Crippen molar-refractivity contribution in [2.75, 3.05) is 21.3 Å². The third-order valence-corrected chi connectivity index (χ3v) is 2.69. The SMILES string of the molecule is COc1cc2c(C#N)cncc2c(OC)c1OC. The van der Waals surface area contributed by atoms with Crippen molar-refractivity contribution in [3.05, 3.63) is 24.0 Å². The molecule has 1 aromatic carbocycles. The lowest BCUT2D eigenvalue weighted by Crippen LogP contribution is -1.97. The summed E-state index contributed by atoms with van der Waals surface area (Å²) in [5, 5.41) is 10.5. The molecule has 0 bridgehead atoms. The van der Waals surface area contributed by atoms with Gasteiger partial charge in [0.2, 0.25) is 5.75 Å². The Labute approximate surface area is 105 Å². The van der Waals surface area contributed by atoms with E-state index in [1.54, 1.807) is 12.3 Å². The molecule has 0 N–H and O–H groups in total. The van der Waals surface area contributed by atoms with E-state index < -0.39 is 0 Å². The van der Waals surface area contributed by atoms with Crippen molar-refractivity contribution in [3.8, 4) is 23.3 Å². The fraction of sp³-hybridized carbons (Fsp3) is 0.231. The number of aromatic nitrogens is 1. The Balaban J connectivity index is 2.92. The number of hydrogen-bond acceptors (Lipinski definition) is 5. The third kappa shape index (κ3) is 1.68. The van der Waals surface area contributed by atoms with Crippen LogP contribution in [0.1, 0.15) is 5.56 Å². The molecule has 18 heavy (non-hydrogen) atoms. The van der Waals surface area contributed by atoms with E-state index in [-0.39, 0.29) is 0 Å². The van der Waals surface area contributed by atoms with E-state index in [4.69, 9.17) is 19.5 Å². The molecule has 2 rings (SSSR count). The number of hydrogen-bond donors (Lipinski definition) is 0. The maximum Gasteiger partial charge on any atom is 0.204 e. The van der Waals surface area contributed by atoms with Gasteiger partial charge in [-0.1, -0.05) is 0 Å². The molecule has 0 saturated heterocycles. The smallest absolute Gasteiger partial charge is 0.204 e. The molecule has 0 aliphatic heterocycles. The first-order valence-electron chi connectivity index (χ1n) is 5.23. The summed E-state index contributed by atoms with van der Waals surface area (Å²) < 4.78 is 15.9. The van der Waals surface area contributed by atoms with E-state index in [1.807, 2.05) is 0 Å². The van der Waals surface area contributed by atoms with Gasteiger partial charge in [0.05, 0.1) is 26.9 Å². The molecule has 1 heterocycles. The fourth-order valence-electron chi connectivity index (χ4n) is 1.87. The Kier molecular flexibility index (Phi) is 3.20. The van der Waals surface area contributed by atoms with Crippen molar-refractivity contribution in [1.29, 1.82) is 5.26 Å². The molecule has 92 valence electrons. The van der Waals surface area contributed by atoms with Crippen LogP contribution in [0.25, 0.3) is 10.8 Å². The van der Waals surface area contributed by atoms with Gasteiger partial charge in [0, 0.05) is 23.2 Å². The summed E-state index contributed by atoms with van der Waals surface area (Å²) in [6.07, 6.45) is 3.14. The largest absolute Gasteiger partial charge is 0.493 e. The van der Waals surface area contributed by atoms with Gasteiger partial charge in [0.15, 0.2) is 11.5 Å². The molecule has 0 aliphatic rings. The number of nitrogens with zero attached hydrogens (tertiary/aromatic N) is 2. The number of methoxy groups -OCH3 is 3. The van der Waals surface area contributed by atoms with Crippen LogP contribution in [-0.4, -0.2) is 26.3 Å². The summed E-state index contributed by atoms with van der Waals surface area (Å²) in [5.41, 5.74) is 0.465. The van der Waals surface area contributed by atoms with Crippen LogP contribution in [-0.2, 0) is 0 Å². The average molecular weight is 244 g/mol. The highest BCUT2D eigenvalue weighted by Crippen LogP contribution is 2.43. The Morgan fingerprint density at radius 3 is 2.28 bits per heavy atom. The summed E-state index contributed by atoms with van der Waals surface area (Å²) in [6, 6.07) is 3.84. The van der Waals surface area contributed by atoms with E-state index >= 15 is 0 Å². The summed E-state index contributed by atoms with van der Waals surface area (Å²) in [7, 11) is 4.61. The first-order valence-corrected chi connectivity index (χ1v) is 5.23. The predicted octanol–water partition coefficient (Wildman–Crippen LogP) is 2.13. The van der Waals surface area contributed by atoms with Crippen LogP contribution in [0.15, 0.2) is 18.5 Å². The van der Waals surface area contributed by atoms with Crippen LogP contribution in [0.2, 0.25) is 0 Å². The first-order chi connectivity index (χ1) is 8.76. The predicted molar refractivity (Wildman–Crippen MR) is 66.1 cm³/mol. The third-order valence-electron chi connectivity index (χ3n) is 2.69. The molecule has 0 spiro atoms. The molecule has 0 aliphatic carbocycles. The number of benzene rings is 1. The Hall–Kier alpha value is -2.48. The average Bonchev–Trinajstić information content (AvgIpc) is 2.44. The highest BCUT2D eigenvalue weighted by atomic mass is 16.5. The molecule has 5 nitrogen and oxygen atoms in total. The topological polar surface area (TPSA) is 64.4 Å². The second-order valence-corrected chi connectivity index (χ2v) is 3.54. The molecule has 0 fully saturated rings. The molecule has 2 aromatic rings. The van der Waals surface area contributed by atoms with E-state index in [0.717, 1.165) is 5.39 Å². The molecule has 0 amide bonds.